The topological polar surface area (TPSA) is 58.1 Å². The van der Waals surface area contributed by atoms with Crippen LogP contribution in [0.15, 0.2) is 30.6 Å². The van der Waals surface area contributed by atoms with E-state index in [1.165, 1.54) is 12.6 Å². The van der Waals surface area contributed by atoms with Crippen LogP contribution in [0.5, 0.6) is 0 Å². The molecule has 1 aromatic carbocycles. The second kappa shape index (κ2) is 6.96. The van der Waals surface area contributed by atoms with Gasteiger partial charge in [-0.2, -0.15) is 0 Å². The van der Waals surface area contributed by atoms with E-state index in [9.17, 15) is 4.79 Å². The molecular weight excluding hydrogens is 312 g/mol. The van der Waals surface area contributed by atoms with E-state index < -0.39 is 0 Å². The molecule has 1 N–H and O–H groups in total. The Bertz CT molecular complexity index is 696. The molecule has 0 aliphatic carbocycles. The number of nitrogens with zero attached hydrogens (tertiary/aromatic N) is 3. The van der Waals surface area contributed by atoms with Crippen LogP contribution < -0.4 is 5.32 Å². The lowest BCUT2D eigenvalue weighted by molar-refractivity contribution is 0.0718. The molecule has 0 atom stereocenters. The Kier molecular flexibility index (Phi) is 4.76. The predicted molar refractivity (Wildman–Crippen MR) is 91.3 cm³/mol. The second-order valence-electron chi connectivity index (χ2n) is 5.73. The first kappa shape index (κ1) is 15.7. The Balaban J connectivity index is 1.68. The SMILES string of the molecule is Cc1ccc(Nc2cnc(C(=O)N3CCCCC3)cn2)cc1Cl. The van der Waals surface area contributed by atoms with Gasteiger partial charge in [0.05, 0.1) is 12.4 Å². The molecule has 1 fully saturated rings. The molecule has 5 nitrogen and oxygen atoms in total. The van der Waals surface area contributed by atoms with Crippen molar-refractivity contribution in [2.75, 3.05) is 18.4 Å². The van der Waals surface area contributed by atoms with Crippen LogP contribution in [0.4, 0.5) is 11.5 Å². The van der Waals surface area contributed by atoms with Crippen LogP contribution in [0, 0.1) is 6.92 Å². The number of benzene rings is 1. The van der Waals surface area contributed by atoms with Crippen LogP contribution in [-0.2, 0) is 0 Å². The highest BCUT2D eigenvalue weighted by molar-refractivity contribution is 6.31. The van der Waals surface area contributed by atoms with E-state index in [1.54, 1.807) is 6.20 Å². The van der Waals surface area contributed by atoms with E-state index in [4.69, 9.17) is 11.6 Å². The lowest BCUT2D eigenvalue weighted by atomic mass is 10.1. The maximum atomic E-state index is 12.3. The molecule has 6 heteroatoms. The Labute approximate surface area is 140 Å². The van der Waals surface area contributed by atoms with Crippen molar-refractivity contribution in [3.8, 4) is 0 Å². The average molecular weight is 331 g/mol. The van der Waals surface area contributed by atoms with Crippen LogP contribution in [0.25, 0.3) is 0 Å². The van der Waals surface area contributed by atoms with E-state index in [0.29, 0.717) is 16.5 Å². The molecule has 2 aromatic rings. The number of carbonyl (C=O) groups excluding carboxylic acids is 1. The van der Waals surface area contributed by atoms with Gasteiger partial charge in [0.15, 0.2) is 0 Å². The molecule has 0 unspecified atom stereocenters. The smallest absolute Gasteiger partial charge is 0.274 e. The van der Waals surface area contributed by atoms with Crippen LogP contribution in [0.2, 0.25) is 5.02 Å². The lowest BCUT2D eigenvalue weighted by Crippen LogP contribution is -2.36. The molecule has 23 heavy (non-hydrogen) atoms. The first-order chi connectivity index (χ1) is 11.1. The monoisotopic (exact) mass is 330 g/mol. The molecule has 0 saturated carbocycles. The van der Waals surface area contributed by atoms with Gasteiger partial charge in [0, 0.05) is 23.8 Å². The summed E-state index contributed by atoms with van der Waals surface area (Å²) in [5.41, 5.74) is 2.25. The first-order valence-electron chi connectivity index (χ1n) is 7.78. The summed E-state index contributed by atoms with van der Waals surface area (Å²) in [5, 5.41) is 3.83. The second-order valence-corrected chi connectivity index (χ2v) is 6.14. The summed E-state index contributed by atoms with van der Waals surface area (Å²) in [6.07, 6.45) is 6.41. The standard InChI is InChI=1S/C17H19ClN4O/c1-12-5-6-13(9-14(12)18)21-16-11-19-15(10-20-16)17(23)22-7-3-2-4-8-22/h5-6,9-11H,2-4,7-8H2,1H3,(H,20,21). The summed E-state index contributed by atoms with van der Waals surface area (Å²) < 4.78 is 0. The third kappa shape index (κ3) is 3.79. The van der Waals surface area contributed by atoms with E-state index in [2.05, 4.69) is 15.3 Å². The van der Waals surface area contributed by atoms with E-state index in [-0.39, 0.29) is 5.91 Å². The van der Waals surface area contributed by atoms with Crippen molar-refractivity contribution in [3.05, 3.63) is 46.9 Å². The molecular formula is C17H19ClN4O. The van der Waals surface area contributed by atoms with Gasteiger partial charge in [0.25, 0.3) is 5.91 Å². The van der Waals surface area contributed by atoms with Gasteiger partial charge in [-0.1, -0.05) is 17.7 Å². The number of rotatable bonds is 3. The van der Waals surface area contributed by atoms with E-state index in [1.807, 2.05) is 30.0 Å². The minimum absolute atomic E-state index is 0.0397. The minimum Gasteiger partial charge on any atom is -0.339 e. The summed E-state index contributed by atoms with van der Waals surface area (Å²) in [4.78, 5) is 22.7. The van der Waals surface area contributed by atoms with Crippen molar-refractivity contribution in [2.45, 2.75) is 26.2 Å². The number of hydrogen-bond donors (Lipinski definition) is 1. The Morgan fingerprint density at radius 3 is 2.61 bits per heavy atom. The highest BCUT2D eigenvalue weighted by atomic mass is 35.5. The fourth-order valence-electron chi connectivity index (χ4n) is 2.58. The number of halogens is 1. The van der Waals surface area contributed by atoms with Gasteiger partial charge >= 0.3 is 0 Å². The van der Waals surface area contributed by atoms with Gasteiger partial charge in [0.2, 0.25) is 0 Å². The average Bonchev–Trinajstić information content (AvgIpc) is 2.59. The lowest BCUT2D eigenvalue weighted by Gasteiger charge is -2.26. The highest BCUT2D eigenvalue weighted by Gasteiger charge is 2.19. The number of nitrogens with one attached hydrogen (secondary N) is 1. The zero-order valence-corrected chi connectivity index (χ0v) is 13.8. The summed E-state index contributed by atoms with van der Waals surface area (Å²) in [7, 11) is 0. The van der Waals surface area contributed by atoms with Gasteiger partial charge < -0.3 is 10.2 Å². The van der Waals surface area contributed by atoms with Crippen molar-refractivity contribution in [2.24, 2.45) is 0 Å². The molecule has 1 aliphatic rings. The third-order valence-corrected chi connectivity index (χ3v) is 4.37. The quantitative estimate of drug-likeness (QED) is 0.929. The Morgan fingerprint density at radius 2 is 1.96 bits per heavy atom. The number of likely N-dealkylation sites (tertiary alicyclic amines) is 1. The first-order valence-corrected chi connectivity index (χ1v) is 8.16. The number of carbonyl (C=O) groups is 1. The number of piperidine rings is 1. The van der Waals surface area contributed by atoms with Gasteiger partial charge in [0.1, 0.15) is 11.5 Å². The zero-order chi connectivity index (χ0) is 16.2. The molecule has 0 spiro atoms. The fourth-order valence-corrected chi connectivity index (χ4v) is 2.76. The summed E-state index contributed by atoms with van der Waals surface area (Å²) in [6, 6.07) is 5.70. The number of aromatic nitrogens is 2. The number of aryl methyl sites for hydroxylation is 1. The number of amides is 1. The van der Waals surface area contributed by atoms with Crippen LogP contribution >= 0.6 is 11.6 Å². The van der Waals surface area contributed by atoms with Gasteiger partial charge in [-0.25, -0.2) is 9.97 Å². The largest absolute Gasteiger partial charge is 0.339 e. The predicted octanol–water partition coefficient (Wildman–Crippen LogP) is 3.81. The van der Waals surface area contributed by atoms with Gasteiger partial charge in [-0.05, 0) is 43.9 Å². The molecule has 1 saturated heterocycles. The minimum atomic E-state index is -0.0397. The third-order valence-electron chi connectivity index (χ3n) is 3.96. The van der Waals surface area contributed by atoms with Crippen molar-refractivity contribution < 1.29 is 4.79 Å². The van der Waals surface area contributed by atoms with E-state index >= 15 is 0 Å². The molecule has 0 bridgehead atoms. The molecule has 120 valence electrons. The van der Waals surface area contributed by atoms with E-state index in [0.717, 1.165) is 37.2 Å². The Morgan fingerprint density at radius 1 is 1.17 bits per heavy atom. The molecule has 1 aromatic heterocycles. The van der Waals surface area contributed by atoms with Crippen molar-refractivity contribution in [3.63, 3.8) is 0 Å². The molecule has 2 heterocycles. The van der Waals surface area contributed by atoms with Crippen LogP contribution in [0.3, 0.4) is 0 Å². The number of hydrogen-bond acceptors (Lipinski definition) is 4. The van der Waals surface area contributed by atoms with Crippen molar-refractivity contribution in [1.29, 1.82) is 0 Å². The molecule has 1 aliphatic heterocycles. The molecule has 1 amide bonds. The summed E-state index contributed by atoms with van der Waals surface area (Å²) in [6.45, 7) is 3.57. The maximum absolute atomic E-state index is 12.3. The zero-order valence-electron chi connectivity index (χ0n) is 13.1. The van der Waals surface area contributed by atoms with Crippen molar-refractivity contribution in [1.82, 2.24) is 14.9 Å². The van der Waals surface area contributed by atoms with Crippen LogP contribution in [-0.4, -0.2) is 33.9 Å². The van der Waals surface area contributed by atoms with Gasteiger partial charge in [-0.15, -0.1) is 0 Å². The van der Waals surface area contributed by atoms with Gasteiger partial charge in [-0.3, -0.25) is 4.79 Å². The highest BCUT2D eigenvalue weighted by Crippen LogP contribution is 2.22. The molecule has 3 rings (SSSR count). The van der Waals surface area contributed by atoms with Crippen molar-refractivity contribution >= 4 is 29.0 Å². The number of anilines is 2. The van der Waals surface area contributed by atoms with Crippen LogP contribution in [0.1, 0.15) is 35.3 Å². The normalized spacial score (nSPS) is 14.6. The summed E-state index contributed by atoms with van der Waals surface area (Å²) >= 11 is 6.11. The Hall–Kier alpha value is -2.14. The fraction of sp³-hybridized carbons (Fsp3) is 0.353. The summed E-state index contributed by atoms with van der Waals surface area (Å²) in [5.74, 6) is 0.544. The molecule has 0 radical (unpaired) electrons. The maximum Gasteiger partial charge on any atom is 0.274 e.